The molecule has 0 saturated heterocycles. The molecule has 0 atom stereocenters. The van der Waals surface area contributed by atoms with Crippen LogP contribution in [-0.4, -0.2) is 19.6 Å². The van der Waals surface area contributed by atoms with Gasteiger partial charge in [-0.1, -0.05) is 18.2 Å². The highest BCUT2D eigenvalue weighted by molar-refractivity contribution is 7.12. The lowest BCUT2D eigenvalue weighted by Gasteiger charge is -2.05. The SMILES string of the molecule is COCCc1ccc(NC(=O)c2cccs2)cc1. The smallest absolute Gasteiger partial charge is 0.265 e. The molecule has 4 heteroatoms. The molecule has 1 heterocycles. The van der Waals surface area contributed by atoms with Crippen molar-refractivity contribution >= 4 is 22.9 Å². The lowest BCUT2D eigenvalue weighted by molar-refractivity contribution is 0.103. The maximum absolute atomic E-state index is 11.8. The summed E-state index contributed by atoms with van der Waals surface area (Å²) in [6.07, 6.45) is 0.885. The summed E-state index contributed by atoms with van der Waals surface area (Å²) in [4.78, 5) is 12.5. The van der Waals surface area contributed by atoms with Gasteiger partial charge in [0.2, 0.25) is 0 Å². The van der Waals surface area contributed by atoms with Crippen LogP contribution in [0.2, 0.25) is 0 Å². The number of methoxy groups -OCH3 is 1. The minimum absolute atomic E-state index is 0.0605. The summed E-state index contributed by atoms with van der Waals surface area (Å²) in [6, 6.07) is 11.5. The molecule has 0 aliphatic carbocycles. The van der Waals surface area contributed by atoms with E-state index >= 15 is 0 Å². The zero-order valence-electron chi connectivity index (χ0n) is 10.2. The summed E-state index contributed by atoms with van der Waals surface area (Å²) in [5.74, 6) is -0.0605. The van der Waals surface area contributed by atoms with Gasteiger partial charge in [-0.05, 0) is 35.6 Å². The number of carbonyl (C=O) groups is 1. The number of amides is 1. The van der Waals surface area contributed by atoms with Crippen molar-refractivity contribution < 1.29 is 9.53 Å². The standard InChI is InChI=1S/C14H15NO2S/c1-17-9-8-11-4-6-12(7-5-11)15-14(16)13-3-2-10-18-13/h2-7,10H,8-9H2,1H3,(H,15,16). The van der Waals surface area contributed by atoms with E-state index in [4.69, 9.17) is 4.74 Å². The first-order valence-corrected chi connectivity index (χ1v) is 6.60. The van der Waals surface area contributed by atoms with Crippen LogP contribution in [0.4, 0.5) is 5.69 Å². The number of hydrogen-bond acceptors (Lipinski definition) is 3. The van der Waals surface area contributed by atoms with E-state index in [1.165, 1.54) is 16.9 Å². The van der Waals surface area contributed by atoms with Crippen LogP contribution < -0.4 is 5.32 Å². The van der Waals surface area contributed by atoms with E-state index in [0.29, 0.717) is 6.61 Å². The number of ether oxygens (including phenoxy) is 1. The molecule has 0 aliphatic rings. The van der Waals surface area contributed by atoms with Gasteiger partial charge in [0.1, 0.15) is 0 Å². The summed E-state index contributed by atoms with van der Waals surface area (Å²) in [5, 5.41) is 4.76. The van der Waals surface area contributed by atoms with Crippen molar-refractivity contribution in [1.29, 1.82) is 0 Å². The Kier molecular flexibility index (Phi) is 4.50. The molecular formula is C14H15NO2S. The lowest BCUT2D eigenvalue weighted by Crippen LogP contribution is -2.09. The molecule has 0 bridgehead atoms. The molecule has 0 spiro atoms. The third-order valence-corrected chi connectivity index (χ3v) is 3.42. The summed E-state index contributed by atoms with van der Waals surface area (Å²) in [6.45, 7) is 0.709. The molecule has 18 heavy (non-hydrogen) atoms. The molecule has 0 saturated carbocycles. The van der Waals surface area contributed by atoms with Gasteiger partial charge in [0, 0.05) is 12.8 Å². The van der Waals surface area contributed by atoms with E-state index in [2.05, 4.69) is 5.32 Å². The van der Waals surface area contributed by atoms with Gasteiger partial charge in [0.25, 0.3) is 5.91 Å². The number of hydrogen-bond donors (Lipinski definition) is 1. The van der Waals surface area contributed by atoms with Gasteiger partial charge >= 0.3 is 0 Å². The second kappa shape index (κ2) is 6.33. The normalized spacial score (nSPS) is 10.3. The van der Waals surface area contributed by atoms with Gasteiger partial charge in [0.15, 0.2) is 0 Å². The fourth-order valence-electron chi connectivity index (χ4n) is 1.58. The van der Waals surface area contributed by atoms with Crippen molar-refractivity contribution in [3.05, 3.63) is 52.2 Å². The molecule has 1 amide bonds. The van der Waals surface area contributed by atoms with Gasteiger partial charge < -0.3 is 10.1 Å². The number of thiophene rings is 1. The number of nitrogens with one attached hydrogen (secondary N) is 1. The number of benzene rings is 1. The molecule has 1 aromatic carbocycles. The number of anilines is 1. The third-order valence-electron chi connectivity index (χ3n) is 2.55. The van der Waals surface area contributed by atoms with Gasteiger partial charge in [-0.15, -0.1) is 11.3 Å². The highest BCUT2D eigenvalue weighted by atomic mass is 32.1. The van der Waals surface area contributed by atoms with Crippen molar-refractivity contribution in [2.45, 2.75) is 6.42 Å². The maximum atomic E-state index is 11.8. The molecule has 0 radical (unpaired) electrons. The highest BCUT2D eigenvalue weighted by Gasteiger charge is 2.06. The van der Waals surface area contributed by atoms with E-state index in [1.54, 1.807) is 7.11 Å². The zero-order valence-corrected chi connectivity index (χ0v) is 11.0. The number of rotatable bonds is 5. The molecule has 0 unspecified atom stereocenters. The maximum Gasteiger partial charge on any atom is 0.265 e. The molecule has 2 aromatic rings. The van der Waals surface area contributed by atoms with Crippen LogP contribution in [0.25, 0.3) is 0 Å². The van der Waals surface area contributed by atoms with Crippen molar-refractivity contribution in [2.24, 2.45) is 0 Å². The van der Waals surface area contributed by atoms with Crippen LogP contribution in [0.15, 0.2) is 41.8 Å². The number of carbonyl (C=O) groups excluding carboxylic acids is 1. The first-order valence-electron chi connectivity index (χ1n) is 5.72. The molecule has 0 aliphatic heterocycles. The quantitative estimate of drug-likeness (QED) is 0.897. The van der Waals surface area contributed by atoms with Crippen LogP contribution in [0, 0.1) is 0 Å². The Morgan fingerprint density at radius 2 is 2.06 bits per heavy atom. The van der Waals surface area contributed by atoms with Gasteiger partial charge in [-0.25, -0.2) is 0 Å². The Bertz CT molecular complexity index is 491. The largest absolute Gasteiger partial charge is 0.384 e. The van der Waals surface area contributed by atoms with Crippen LogP contribution >= 0.6 is 11.3 Å². The van der Waals surface area contributed by atoms with Crippen LogP contribution in [-0.2, 0) is 11.2 Å². The van der Waals surface area contributed by atoms with Gasteiger partial charge in [-0.3, -0.25) is 4.79 Å². The molecule has 94 valence electrons. The third kappa shape index (κ3) is 3.42. The van der Waals surface area contributed by atoms with Gasteiger partial charge in [0.05, 0.1) is 11.5 Å². The van der Waals surface area contributed by atoms with Crippen molar-refractivity contribution in [3.63, 3.8) is 0 Å². The topological polar surface area (TPSA) is 38.3 Å². The monoisotopic (exact) mass is 261 g/mol. The Balaban J connectivity index is 1.96. The average molecular weight is 261 g/mol. The molecule has 1 N–H and O–H groups in total. The molecular weight excluding hydrogens is 246 g/mol. The lowest BCUT2D eigenvalue weighted by atomic mass is 10.1. The molecule has 1 aromatic heterocycles. The molecule has 3 nitrogen and oxygen atoms in total. The predicted octanol–water partition coefficient (Wildman–Crippen LogP) is 3.19. The van der Waals surface area contributed by atoms with Crippen molar-refractivity contribution in [3.8, 4) is 0 Å². The zero-order chi connectivity index (χ0) is 12.8. The van der Waals surface area contributed by atoms with E-state index < -0.39 is 0 Å². The fourth-order valence-corrected chi connectivity index (χ4v) is 2.19. The van der Waals surface area contributed by atoms with E-state index in [1.807, 2.05) is 41.8 Å². The first kappa shape index (κ1) is 12.8. The summed E-state index contributed by atoms with van der Waals surface area (Å²) >= 11 is 1.44. The van der Waals surface area contributed by atoms with E-state index in [0.717, 1.165) is 17.0 Å². The minimum Gasteiger partial charge on any atom is -0.384 e. The Morgan fingerprint density at radius 1 is 1.28 bits per heavy atom. The Hall–Kier alpha value is -1.65. The van der Waals surface area contributed by atoms with Crippen molar-refractivity contribution in [1.82, 2.24) is 0 Å². The van der Waals surface area contributed by atoms with E-state index in [-0.39, 0.29) is 5.91 Å². The van der Waals surface area contributed by atoms with Crippen LogP contribution in [0.1, 0.15) is 15.2 Å². The summed E-state index contributed by atoms with van der Waals surface area (Å²) in [7, 11) is 1.69. The van der Waals surface area contributed by atoms with E-state index in [9.17, 15) is 4.79 Å². The fraction of sp³-hybridized carbons (Fsp3) is 0.214. The van der Waals surface area contributed by atoms with Crippen LogP contribution in [0.5, 0.6) is 0 Å². The minimum atomic E-state index is -0.0605. The average Bonchev–Trinajstić information content (AvgIpc) is 2.92. The van der Waals surface area contributed by atoms with Crippen molar-refractivity contribution in [2.75, 3.05) is 19.0 Å². The van der Waals surface area contributed by atoms with Gasteiger partial charge in [-0.2, -0.15) is 0 Å². The predicted molar refractivity (Wildman–Crippen MR) is 74.3 cm³/mol. The molecule has 2 rings (SSSR count). The molecule has 0 fully saturated rings. The summed E-state index contributed by atoms with van der Waals surface area (Å²) < 4.78 is 5.02. The second-order valence-electron chi connectivity index (χ2n) is 3.87. The van der Waals surface area contributed by atoms with Crippen LogP contribution in [0.3, 0.4) is 0 Å². The second-order valence-corrected chi connectivity index (χ2v) is 4.82. The Morgan fingerprint density at radius 3 is 2.67 bits per heavy atom. The highest BCUT2D eigenvalue weighted by Crippen LogP contribution is 2.14. The Labute approximate surface area is 110 Å². The first-order chi connectivity index (χ1) is 8.79. The summed E-state index contributed by atoms with van der Waals surface area (Å²) in [5.41, 5.74) is 2.01.